The molecular formula is C16H13BrFNO3. The molecule has 0 aliphatic carbocycles. The standard InChI is InChI=1S/C16H13BrFNO3/c17-12-4-2-6-14(9-12)19-15(20)10-22-16(21)8-11-3-1-5-13(18)7-11/h1-7,9H,8,10H2,(H,19,20). The number of rotatable bonds is 5. The van der Waals surface area contributed by atoms with Crippen LogP contribution in [0.25, 0.3) is 0 Å². The highest BCUT2D eigenvalue weighted by Crippen LogP contribution is 2.15. The molecule has 4 nitrogen and oxygen atoms in total. The lowest BCUT2D eigenvalue weighted by Crippen LogP contribution is -2.21. The van der Waals surface area contributed by atoms with Crippen molar-refractivity contribution in [1.29, 1.82) is 0 Å². The molecule has 0 aromatic heterocycles. The molecule has 0 radical (unpaired) electrons. The smallest absolute Gasteiger partial charge is 0.310 e. The lowest BCUT2D eigenvalue weighted by atomic mass is 10.1. The second-order valence-electron chi connectivity index (χ2n) is 4.53. The van der Waals surface area contributed by atoms with E-state index in [4.69, 9.17) is 4.74 Å². The Morgan fingerprint density at radius 2 is 1.91 bits per heavy atom. The first-order valence-electron chi connectivity index (χ1n) is 6.48. The van der Waals surface area contributed by atoms with Crippen LogP contribution in [0.1, 0.15) is 5.56 Å². The van der Waals surface area contributed by atoms with Crippen molar-refractivity contribution in [2.24, 2.45) is 0 Å². The first kappa shape index (κ1) is 16.2. The number of esters is 1. The van der Waals surface area contributed by atoms with Gasteiger partial charge in [-0.25, -0.2) is 4.39 Å². The zero-order valence-corrected chi connectivity index (χ0v) is 13.1. The Kier molecular flexibility index (Phi) is 5.66. The number of ether oxygens (including phenoxy) is 1. The number of halogens is 2. The summed E-state index contributed by atoms with van der Waals surface area (Å²) in [5, 5.41) is 2.60. The summed E-state index contributed by atoms with van der Waals surface area (Å²) < 4.78 is 18.7. The fourth-order valence-electron chi connectivity index (χ4n) is 1.77. The molecule has 22 heavy (non-hydrogen) atoms. The number of carbonyl (C=O) groups excluding carboxylic acids is 2. The van der Waals surface area contributed by atoms with Crippen molar-refractivity contribution < 1.29 is 18.7 Å². The van der Waals surface area contributed by atoms with Crippen LogP contribution in [0.15, 0.2) is 53.0 Å². The third-order valence-corrected chi connectivity index (χ3v) is 3.20. The van der Waals surface area contributed by atoms with E-state index in [-0.39, 0.29) is 13.0 Å². The Morgan fingerprint density at radius 1 is 1.14 bits per heavy atom. The van der Waals surface area contributed by atoms with Crippen LogP contribution in [-0.4, -0.2) is 18.5 Å². The lowest BCUT2D eigenvalue weighted by molar-refractivity contribution is -0.146. The molecule has 2 rings (SSSR count). The van der Waals surface area contributed by atoms with Gasteiger partial charge in [0.05, 0.1) is 6.42 Å². The third-order valence-electron chi connectivity index (χ3n) is 2.71. The van der Waals surface area contributed by atoms with Gasteiger partial charge in [0.25, 0.3) is 5.91 Å². The Morgan fingerprint density at radius 3 is 2.64 bits per heavy atom. The van der Waals surface area contributed by atoms with Crippen molar-refractivity contribution in [3.8, 4) is 0 Å². The second-order valence-corrected chi connectivity index (χ2v) is 5.44. The Labute approximate surface area is 135 Å². The van der Waals surface area contributed by atoms with Gasteiger partial charge < -0.3 is 10.1 Å². The fraction of sp³-hybridized carbons (Fsp3) is 0.125. The molecule has 0 saturated heterocycles. The number of carbonyl (C=O) groups is 2. The Bertz CT molecular complexity index is 631. The van der Waals surface area contributed by atoms with Gasteiger partial charge in [0.15, 0.2) is 6.61 Å². The number of benzene rings is 2. The number of amides is 1. The van der Waals surface area contributed by atoms with Gasteiger partial charge >= 0.3 is 5.97 Å². The van der Waals surface area contributed by atoms with E-state index in [9.17, 15) is 14.0 Å². The minimum atomic E-state index is -0.588. The summed E-state index contributed by atoms with van der Waals surface area (Å²) in [6.45, 7) is -0.388. The molecule has 1 N–H and O–H groups in total. The summed E-state index contributed by atoms with van der Waals surface area (Å²) in [5.74, 6) is -1.45. The molecule has 0 heterocycles. The van der Waals surface area contributed by atoms with Crippen LogP contribution in [0.5, 0.6) is 0 Å². The van der Waals surface area contributed by atoms with Gasteiger partial charge in [0.1, 0.15) is 5.82 Å². The molecule has 0 saturated carbocycles. The van der Waals surface area contributed by atoms with Crippen LogP contribution in [0.2, 0.25) is 0 Å². The van der Waals surface area contributed by atoms with Crippen molar-refractivity contribution in [2.45, 2.75) is 6.42 Å². The predicted octanol–water partition coefficient (Wildman–Crippen LogP) is 3.31. The van der Waals surface area contributed by atoms with Gasteiger partial charge in [0.2, 0.25) is 0 Å². The normalized spacial score (nSPS) is 10.1. The number of nitrogens with one attached hydrogen (secondary N) is 1. The van der Waals surface area contributed by atoms with Gasteiger partial charge in [-0.05, 0) is 35.9 Å². The van der Waals surface area contributed by atoms with Crippen LogP contribution in [0, 0.1) is 5.82 Å². The van der Waals surface area contributed by atoms with E-state index in [1.165, 1.54) is 18.2 Å². The SMILES string of the molecule is O=C(COC(=O)Cc1cccc(F)c1)Nc1cccc(Br)c1. The van der Waals surface area contributed by atoms with E-state index >= 15 is 0 Å². The summed E-state index contributed by atoms with van der Waals surface area (Å²) in [5.41, 5.74) is 1.10. The summed E-state index contributed by atoms with van der Waals surface area (Å²) >= 11 is 3.29. The monoisotopic (exact) mass is 365 g/mol. The summed E-state index contributed by atoms with van der Waals surface area (Å²) in [6, 6.07) is 12.7. The lowest BCUT2D eigenvalue weighted by Gasteiger charge is -2.07. The first-order valence-corrected chi connectivity index (χ1v) is 7.28. The van der Waals surface area contributed by atoms with E-state index in [2.05, 4.69) is 21.2 Å². The number of hydrogen-bond donors (Lipinski definition) is 1. The summed E-state index contributed by atoms with van der Waals surface area (Å²) in [6.07, 6.45) is -0.0814. The zero-order valence-electron chi connectivity index (χ0n) is 11.5. The molecule has 0 aliphatic heterocycles. The van der Waals surface area contributed by atoms with Crippen LogP contribution in [-0.2, 0) is 20.7 Å². The highest BCUT2D eigenvalue weighted by atomic mass is 79.9. The molecule has 2 aromatic rings. The maximum Gasteiger partial charge on any atom is 0.310 e. The Balaban J connectivity index is 1.79. The van der Waals surface area contributed by atoms with Crippen LogP contribution in [0.3, 0.4) is 0 Å². The molecule has 2 aromatic carbocycles. The first-order chi connectivity index (χ1) is 10.5. The number of hydrogen-bond acceptors (Lipinski definition) is 3. The van der Waals surface area contributed by atoms with Gasteiger partial charge in [0, 0.05) is 10.2 Å². The van der Waals surface area contributed by atoms with Crippen LogP contribution >= 0.6 is 15.9 Å². The minimum Gasteiger partial charge on any atom is -0.455 e. The third kappa shape index (κ3) is 5.29. The molecule has 114 valence electrons. The van der Waals surface area contributed by atoms with Crippen molar-refractivity contribution in [3.05, 3.63) is 64.4 Å². The summed E-state index contributed by atoms with van der Waals surface area (Å²) in [7, 11) is 0. The topological polar surface area (TPSA) is 55.4 Å². The van der Waals surface area contributed by atoms with Gasteiger partial charge in [-0.1, -0.05) is 34.1 Å². The van der Waals surface area contributed by atoms with Crippen molar-refractivity contribution in [3.63, 3.8) is 0 Å². The van der Waals surface area contributed by atoms with Crippen molar-refractivity contribution in [2.75, 3.05) is 11.9 Å². The van der Waals surface area contributed by atoms with E-state index in [1.807, 2.05) is 6.07 Å². The quantitative estimate of drug-likeness (QED) is 0.827. The second kappa shape index (κ2) is 7.70. The maximum atomic E-state index is 13.0. The average molecular weight is 366 g/mol. The summed E-state index contributed by atoms with van der Waals surface area (Å²) in [4.78, 5) is 23.3. The van der Waals surface area contributed by atoms with Crippen LogP contribution < -0.4 is 5.32 Å². The number of anilines is 1. The molecule has 0 aliphatic rings. The van der Waals surface area contributed by atoms with Crippen molar-refractivity contribution >= 4 is 33.5 Å². The fourth-order valence-corrected chi connectivity index (χ4v) is 2.17. The van der Waals surface area contributed by atoms with Gasteiger partial charge in [-0.2, -0.15) is 0 Å². The molecular weight excluding hydrogens is 353 g/mol. The molecule has 0 spiro atoms. The van der Waals surface area contributed by atoms with Gasteiger partial charge in [-0.15, -0.1) is 0 Å². The highest BCUT2D eigenvalue weighted by molar-refractivity contribution is 9.10. The van der Waals surface area contributed by atoms with Crippen molar-refractivity contribution in [1.82, 2.24) is 0 Å². The maximum absolute atomic E-state index is 13.0. The van der Waals surface area contributed by atoms with E-state index in [1.54, 1.807) is 24.3 Å². The zero-order chi connectivity index (χ0) is 15.9. The minimum absolute atomic E-state index is 0.0814. The molecule has 0 bridgehead atoms. The molecule has 1 amide bonds. The Hall–Kier alpha value is -2.21. The van der Waals surface area contributed by atoms with E-state index in [0.717, 1.165) is 4.47 Å². The largest absolute Gasteiger partial charge is 0.455 e. The van der Waals surface area contributed by atoms with E-state index in [0.29, 0.717) is 11.3 Å². The average Bonchev–Trinajstić information content (AvgIpc) is 2.45. The van der Waals surface area contributed by atoms with E-state index < -0.39 is 17.7 Å². The molecule has 6 heteroatoms. The molecule has 0 fully saturated rings. The predicted molar refractivity (Wildman–Crippen MR) is 83.8 cm³/mol. The van der Waals surface area contributed by atoms with Crippen LogP contribution in [0.4, 0.5) is 10.1 Å². The highest BCUT2D eigenvalue weighted by Gasteiger charge is 2.09. The molecule has 0 unspecified atom stereocenters. The molecule has 0 atom stereocenters. The van der Waals surface area contributed by atoms with Gasteiger partial charge in [-0.3, -0.25) is 9.59 Å².